The van der Waals surface area contributed by atoms with Gasteiger partial charge in [0.15, 0.2) is 0 Å². The zero-order valence-corrected chi connectivity index (χ0v) is 19.0. The number of ether oxygens (including phenoxy) is 2. The number of nitrogens with zero attached hydrogens (tertiary/aromatic N) is 1. The van der Waals surface area contributed by atoms with Gasteiger partial charge in [-0.1, -0.05) is 13.8 Å². The quantitative estimate of drug-likeness (QED) is 0.677. The summed E-state index contributed by atoms with van der Waals surface area (Å²) in [6.45, 7) is 5.00. The molecular weight excluding hydrogens is 374 g/mol. The zero-order valence-electron chi connectivity index (χ0n) is 19.0. The summed E-state index contributed by atoms with van der Waals surface area (Å²) in [4.78, 5) is 14.4. The molecule has 4 nitrogen and oxygen atoms in total. The monoisotopic (exact) mass is 411 g/mol. The molecule has 30 heavy (non-hydrogen) atoms. The van der Waals surface area contributed by atoms with E-state index in [0.717, 1.165) is 48.5 Å². The third kappa shape index (κ3) is 2.89. The summed E-state index contributed by atoms with van der Waals surface area (Å²) in [5.74, 6) is 4.48. The lowest BCUT2D eigenvalue weighted by molar-refractivity contribution is -0.159. The predicted molar refractivity (Wildman–Crippen MR) is 118 cm³/mol. The Morgan fingerprint density at radius 1 is 0.900 bits per heavy atom. The molecule has 3 saturated carbocycles. The maximum absolute atomic E-state index is 12.3. The Labute approximate surface area is 181 Å². The van der Waals surface area contributed by atoms with Gasteiger partial charge in [-0.15, -0.1) is 0 Å². The molecule has 4 aliphatic rings. The van der Waals surface area contributed by atoms with Crippen molar-refractivity contribution in [2.45, 2.75) is 77.4 Å². The van der Waals surface area contributed by atoms with Crippen molar-refractivity contribution in [3.8, 4) is 11.5 Å². The number of amides is 1. The molecule has 0 aromatic heterocycles. The van der Waals surface area contributed by atoms with Crippen LogP contribution in [0.15, 0.2) is 24.3 Å². The maximum atomic E-state index is 12.3. The van der Waals surface area contributed by atoms with Gasteiger partial charge in [0.1, 0.15) is 17.6 Å². The molecule has 5 rings (SSSR count). The van der Waals surface area contributed by atoms with Crippen molar-refractivity contribution in [1.82, 2.24) is 4.90 Å². The molecule has 4 heteroatoms. The Bertz CT molecular complexity index is 807. The number of rotatable bonds is 3. The van der Waals surface area contributed by atoms with Crippen LogP contribution in [0.25, 0.3) is 0 Å². The molecule has 1 aliphatic heterocycles. The molecular formula is C26H37NO3. The first-order valence-electron chi connectivity index (χ1n) is 11.9. The number of methoxy groups -OCH3 is 1. The van der Waals surface area contributed by atoms with Gasteiger partial charge in [-0.05, 0) is 92.4 Å². The highest BCUT2D eigenvalue weighted by Gasteiger charge is 2.61. The van der Waals surface area contributed by atoms with Crippen LogP contribution in [0, 0.1) is 28.6 Å². The highest BCUT2D eigenvalue weighted by Crippen LogP contribution is 2.65. The van der Waals surface area contributed by atoms with Gasteiger partial charge in [-0.2, -0.15) is 0 Å². The number of carbonyl (C=O) groups excluding carboxylic acids is 1. The number of benzene rings is 1. The lowest BCUT2D eigenvalue weighted by Gasteiger charge is -2.61. The third-order valence-corrected chi connectivity index (χ3v) is 9.81. The summed E-state index contributed by atoms with van der Waals surface area (Å²) in [7, 11) is 3.75. The van der Waals surface area contributed by atoms with E-state index in [0.29, 0.717) is 23.5 Å². The minimum Gasteiger partial charge on any atom is -0.497 e. The molecule has 7 atom stereocenters. The second kappa shape index (κ2) is 7.17. The standard InChI is InChI=1S/C26H37NO3/c1-25-16-14-24(28)27(3)22(25)11-9-19-20-10-12-23(26(20,2)15-13-21(19)25)30-18-7-5-17(29-4)6-8-18/h5-8,19-23H,9-16H2,1-4H3/t19-,20-,21-,22+,23-,25+,26-/m0/s1. The molecule has 0 bridgehead atoms. The van der Waals surface area contributed by atoms with Gasteiger partial charge in [0.2, 0.25) is 5.91 Å². The predicted octanol–water partition coefficient (Wildman–Crippen LogP) is 5.31. The van der Waals surface area contributed by atoms with Crippen LogP contribution in [-0.2, 0) is 4.79 Å². The Hall–Kier alpha value is -1.71. The summed E-state index contributed by atoms with van der Waals surface area (Å²) in [5.41, 5.74) is 0.558. The van der Waals surface area contributed by atoms with Gasteiger partial charge in [0.25, 0.3) is 0 Å². The number of hydrogen-bond donors (Lipinski definition) is 0. The number of fused-ring (bicyclic) bond motifs is 5. The summed E-state index contributed by atoms with van der Waals surface area (Å²) < 4.78 is 11.9. The van der Waals surface area contributed by atoms with Gasteiger partial charge in [0.05, 0.1) is 7.11 Å². The fourth-order valence-electron chi connectivity index (χ4n) is 8.11. The van der Waals surface area contributed by atoms with Crippen LogP contribution in [0.3, 0.4) is 0 Å². The summed E-state index contributed by atoms with van der Waals surface area (Å²) in [6, 6.07) is 8.51. The first kappa shape index (κ1) is 20.2. The van der Waals surface area contributed by atoms with Crippen LogP contribution in [0.1, 0.15) is 65.2 Å². The van der Waals surface area contributed by atoms with Gasteiger partial charge in [0, 0.05) is 24.9 Å². The lowest BCUT2D eigenvalue weighted by Crippen LogP contribution is -2.61. The van der Waals surface area contributed by atoms with Crippen LogP contribution in [-0.4, -0.2) is 37.1 Å². The highest BCUT2D eigenvalue weighted by molar-refractivity contribution is 5.77. The fourth-order valence-corrected chi connectivity index (χ4v) is 8.11. The average Bonchev–Trinajstić information content (AvgIpc) is 3.08. The van der Waals surface area contributed by atoms with Gasteiger partial charge in [-0.3, -0.25) is 4.79 Å². The molecule has 1 heterocycles. The number of hydrogen-bond acceptors (Lipinski definition) is 3. The van der Waals surface area contributed by atoms with E-state index >= 15 is 0 Å². The van der Waals surface area contributed by atoms with E-state index in [9.17, 15) is 4.79 Å². The highest BCUT2D eigenvalue weighted by atomic mass is 16.5. The minimum atomic E-state index is 0.265. The Balaban J connectivity index is 1.35. The van der Waals surface area contributed by atoms with Crippen molar-refractivity contribution >= 4 is 5.91 Å². The van der Waals surface area contributed by atoms with Crippen molar-refractivity contribution < 1.29 is 14.3 Å². The van der Waals surface area contributed by atoms with Gasteiger partial charge in [-0.25, -0.2) is 0 Å². The second-order valence-corrected chi connectivity index (χ2v) is 10.9. The van der Waals surface area contributed by atoms with Crippen molar-refractivity contribution in [2.24, 2.45) is 28.6 Å². The van der Waals surface area contributed by atoms with E-state index in [1.165, 1.54) is 32.1 Å². The Morgan fingerprint density at radius 2 is 1.60 bits per heavy atom. The van der Waals surface area contributed by atoms with E-state index in [4.69, 9.17) is 9.47 Å². The minimum absolute atomic E-state index is 0.265. The topological polar surface area (TPSA) is 38.8 Å². The van der Waals surface area contributed by atoms with E-state index in [1.807, 2.05) is 31.3 Å². The molecule has 0 N–H and O–H groups in total. The normalized spacial score (nSPS) is 42.9. The first-order valence-corrected chi connectivity index (χ1v) is 11.9. The van der Waals surface area contributed by atoms with Crippen molar-refractivity contribution in [3.63, 3.8) is 0 Å². The van der Waals surface area contributed by atoms with Crippen molar-refractivity contribution in [3.05, 3.63) is 24.3 Å². The number of piperidine rings is 1. The Morgan fingerprint density at radius 3 is 2.33 bits per heavy atom. The Kier molecular flexibility index (Phi) is 4.83. The zero-order chi connectivity index (χ0) is 21.1. The third-order valence-electron chi connectivity index (χ3n) is 9.81. The maximum Gasteiger partial charge on any atom is 0.222 e. The van der Waals surface area contributed by atoms with Gasteiger partial charge >= 0.3 is 0 Å². The van der Waals surface area contributed by atoms with E-state index in [-0.39, 0.29) is 5.41 Å². The summed E-state index contributed by atoms with van der Waals surface area (Å²) >= 11 is 0. The largest absolute Gasteiger partial charge is 0.497 e. The molecule has 4 fully saturated rings. The molecule has 0 radical (unpaired) electrons. The molecule has 1 amide bonds. The van der Waals surface area contributed by atoms with Crippen LogP contribution >= 0.6 is 0 Å². The second-order valence-electron chi connectivity index (χ2n) is 10.9. The van der Waals surface area contributed by atoms with Gasteiger partial charge < -0.3 is 14.4 Å². The molecule has 0 unspecified atom stereocenters. The molecule has 0 spiro atoms. The van der Waals surface area contributed by atoms with Crippen molar-refractivity contribution in [2.75, 3.05) is 14.2 Å². The lowest BCUT2D eigenvalue weighted by atomic mass is 9.47. The molecule has 1 aromatic rings. The van der Waals surface area contributed by atoms with Crippen LogP contribution in [0.2, 0.25) is 0 Å². The number of likely N-dealkylation sites (tertiary alicyclic amines) is 1. The summed E-state index contributed by atoms with van der Waals surface area (Å²) in [6.07, 6.45) is 9.56. The average molecular weight is 412 g/mol. The smallest absolute Gasteiger partial charge is 0.222 e. The fraction of sp³-hybridized carbons (Fsp3) is 0.731. The molecule has 164 valence electrons. The van der Waals surface area contributed by atoms with E-state index < -0.39 is 0 Å². The summed E-state index contributed by atoms with van der Waals surface area (Å²) in [5, 5.41) is 0. The van der Waals surface area contributed by atoms with Crippen molar-refractivity contribution in [1.29, 1.82) is 0 Å². The SMILES string of the molecule is COc1ccc(O[C@H]2CC[C@H]3[C@@H]4CC[C@H]5N(C)C(=O)CC[C@]5(C)[C@H]4CC[C@]23C)cc1. The van der Waals surface area contributed by atoms with E-state index in [2.05, 4.69) is 18.7 Å². The number of carbonyl (C=O) groups is 1. The molecule has 1 saturated heterocycles. The first-order chi connectivity index (χ1) is 14.4. The van der Waals surface area contributed by atoms with E-state index in [1.54, 1.807) is 7.11 Å². The molecule has 1 aromatic carbocycles. The molecule has 3 aliphatic carbocycles. The van der Waals surface area contributed by atoms with Crippen LogP contribution < -0.4 is 9.47 Å². The van der Waals surface area contributed by atoms with Crippen LogP contribution in [0.5, 0.6) is 11.5 Å². The van der Waals surface area contributed by atoms with Crippen LogP contribution in [0.4, 0.5) is 0 Å².